The molecule has 1 aromatic heterocycles. The fourth-order valence-corrected chi connectivity index (χ4v) is 3.67. The molecule has 0 radical (unpaired) electrons. The SMILES string of the molecule is Cc1nnc(CN=C(NCCCN2CCCCCC2=O)NC(C)c2ccccc2)n1C. The van der Waals surface area contributed by atoms with Crippen LogP contribution in [0.15, 0.2) is 35.3 Å². The number of rotatable bonds is 8. The third-order valence-electron chi connectivity index (χ3n) is 5.78. The first-order chi connectivity index (χ1) is 15.0. The van der Waals surface area contributed by atoms with Crippen LogP contribution >= 0.6 is 0 Å². The van der Waals surface area contributed by atoms with Crippen LogP contribution in [0, 0.1) is 6.92 Å². The molecule has 8 nitrogen and oxygen atoms in total. The molecule has 2 aromatic rings. The molecule has 8 heteroatoms. The number of guanidine groups is 1. The molecular weight excluding hydrogens is 390 g/mol. The molecule has 1 atom stereocenters. The maximum Gasteiger partial charge on any atom is 0.222 e. The second-order valence-electron chi connectivity index (χ2n) is 8.14. The highest BCUT2D eigenvalue weighted by Gasteiger charge is 2.16. The van der Waals surface area contributed by atoms with E-state index in [2.05, 4.69) is 39.9 Å². The lowest BCUT2D eigenvalue weighted by atomic mass is 10.1. The quantitative estimate of drug-likeness (QED) is 0.386. The Bertz CT molecular complexity index is 862. The van der Waals surface area contributed by atoms with Crippen molar-refractivity contribution in [1.82, 2.24) is 30.3 Å². The lowest BCUT2D eigenvalue weighted by Crippen LogP contribution is -2.40. The van der Waals surface area contributed by atoms with E-state index >= 15 is 0 Å². The van der Waals surface area contributed by atoms with Gasteiger partial charge in [0.15, 0.2) is 11.8 Å². The molecule has 2 heterocycles. The predicted octanol–water partition coefficient (Wildman–Crippen LogP) is 2.71. The van der Waals surface area contributed by atoms with Gasteiger partial charge in [-0.3, -0.25) is 4.79 Å². The van der Waals surface area contributed by atoms with E-state index in [1.807, 2.05) is 41.6 Å². The number of aliphatic imine (C=N–C) groups is 1. The standard InChI is InChI=1S/C23H35N7O/c1-18(20-11-6-4-7-12-20)26-23(25-17-21-28-27-19(2)29(21)3)24-14-10-16-30-15-9-5-8-13-22(30)31/h4,6-7,11-12,18H,5,8-10,13-17H2,1-3H3,(H2,24,25,26). The summed E-state index contributed by atoms with van der Waals surface area (Å²) in [6, 6.07) is 10.4. The zero-order valence-corrected chi connectivity index (χ0v) is 19.0. The Labute approximate surface area is 185 Å². The number of hydrogen-bond donors (Lipinski definition) is 2. The number of carbonyl (C=O) groups excluding carboxylic acids is 1. The fourth-order valence-electron chi connectivity index (χ4n) is 3.67. The molecule has 0 spiro atoms. The molecule has 1 fully saturated rings. The highest BCUT2D eigenvalue weighted by molar-refractivity contribution is 5.80. The Hall–Kier alpha value is -2.90. The molecule has 2 N–H and O–H groups in total. The summed E-state index contributed by atoms with van der Waals surface area (Å²) in [6.45, 7) is 6.91. The maximum absolute atomic E-state index is 12.2. The number of carbonyl (C=O) groups is 1. The molecule has 168 valence electrons. The highest BCUT2D eigenvalue weighted by atomic mass is 16.2. The van der Waals surface area contributed by atoms with Gasteiger partial charge < -0.3 is 20.1 Å². The largest absolute Gasteiger partial charge is 0.356 e. The molecule has 31 heavy (non-hydrogen) atoms. The summed E-state index contributed by atoms with van der Waals surface area (Å²) >= 11 is 0. The van der Waals surface area contributed by atoms with E-state index in [0.717, 1.165) is 62.9 Å². The number of nitrogens with zero attached hydrogens (tertiary/aromatic N) is 5. The van der Waals surface area contributed by atoms with E-state index in [-0.39, 0.29) is 6.04 Å². The first-order valence-electron chi connectivity index (χ1n) is 11.3. The molecule has 0 saturated carbocycles. The van der Waals surface area contributed by atoms with Crippen molar-refractivity contribution in [2.24, 2.45) is 12.0 Å². The zero-order valence-electron chi connectivity index (χ0n) is 19.0. The van der Waals surface area contributed by atoms with Gasteiger partial charge >= 0.3 is 0 Å². The molecule has 1 aliphatic heterocycles. The van der Waals surface area contributed by atoms with Crippen molar-refractivity contribution < 1.29 is 4.79 Å². The van der Waals surface area contributed by atoms with Gasteiger partial charge in [-0.1, -0.05) is 36.8 Å². The van der Waals surface area contributed by atoms with Crippen molar-refractivity contribution in [3.05, 3.63) is 47.5 Å². The Balaban J connectivity index is 1.58. The number of benzene rings is 1. The summed E-state index contributed by atoms with van der Waals surface area (Å²) in [4.78, 5) is 18.9. The van der Waals surface area contributed by atoms with Crippen LogP contribution in [0.3, 0.4) is 0 Å². The van der Waals surface area contributed by atoms with Gasteiger partial charge in [0.25, 0.3) is 0 Å². The molecule has 0 aliphatic carbocycles. The van der Waals surface area contributed by atoms with Crippen molar-refractivity contribution in [3.8, 4) is 0 Å². The number of aryl methyl sites for hydroxylation is 1. The minimum atomic E-state index is 0.112. The van der Waals surface area contributed by atoms with Gasteiger partial charge in [0.2, 0.25) is 5.91 Å². The van der Waals surface area contributed by atoms with Crippen LogP contribution in [0.2, 0.25) is 0 Å². The predicted molar refractivity (Wildman–Crippen MR) is 123 cm³/mol. The van der Waals surface area contributed by atoms with E-state index in [0.29, 0.717) is 18.9 Å². The number of hydrogen-bond acceptors (Lipinski definition) is 4. The summed E-state index contributed by atoms with van der Waals surface area (Å²) in [5.74, 6) is 2.72. The lowest BCUT2D eigenvalue weighted by molar-refractivity contribution is -0.130. The molecular formula is C23H35N7O. The first kappa shape index (κ1) is 22.8. The van der Waals surface area contributed by atoms with Crippen LogP contribution in [-0.4, -0.2) is 51.2 Å². The van der Waals surface area contributed by atoms with E-state index < -0.39 is 0 Å². The first-order valence-corrected chi connectivity index (χ1v) is 11.3. The number of likely N-dealkylation sites (tertiary alicyclic amines) is 1. The molecule has 1 saturated heterocycles. The fraction of sp³-hybridized carbons (Fsp3) is 0.565. The van der Waals surface area contributed by atoms with E-state index in [9.17, 15) is 4.79 Å². The van der Waals surface area contributed by atoms with Gasteiger partial charge in [-0.05, 0) is 38.7 Å². The van der Waals surface area contributed by atoms with Crippen LogP contribution in [0.5, 0.6) is 0 Å². The smallest absolute Gasteiger partial charge is 0.222 e. The summed E-state index contributed by atoms with van der Waals surface area (Å²) in [6.07, 6.45) is 4.86. The second-order valence-corrected chi connectivity index (χ2v) is 8.14. The Morgan fingerprint density at radius 3 is 2.74 bits per heavy atom. The summed E-state index contributed by atoms with van der Waals surface area (Å²) < 4.78 is 1.95. The lowest BCUT2D eigenvalue weighted by Gasteiger charge is -2.22. The average molecular weight is 426 g/mol. The Morgan fingerprint density at radius 1 is 1.19 bits per heavy atom. The molecule has 1 aliphatic rings. The summed E-state index contributed by atoms with van der Waals surface area (Å²) in [5, 5.41) is 15.2. The van der Waals surface area contributed by atoms with Crippen LogP contribution in [0.25, 0.3) is 0 Å². The van der Waals surface area contributed by atoms with E-state index in [1.54, 1.807) is 0 Å². The third-order valence-corrected chi connectivity index (χ3v) is 5.78. The number of aromatic nitrogens is 3. The zero-order chi connectivity index (χ0) is 22.1. The van der Waals surface area contributed by atoms with Crippen molar-refractivity contribution in [2.45, 2.75) is 58.5 Å². The molecule has 3 rings (SSSR count). The Morgan fingerprint density at radius 2 is 2.00 bits per heavy atom. The van der Waals surface area contributed by atoms with Crippen molar-refractivity contribution in [3.63, 3.8) is 0 Å². The normalized spacial score (nSPS) is 16.2. The highest BCUT2D eigenvalue weighted by Crippen LogP contribution is 2.12. The van der Waals surface area contributed by atoms with Gasteiger partial charge in [-0.15, -0.1) is 10.2 Å². The molecule has 0 bridgehead atoms. The molecule has 1 amide bonds. The van der Waals surface area contributed by atoms with Crippen LogP contribution in [0.1, 0.15) is 62.3 Å². The number of nitrogens with one attached hydrogen (secondary N) is 2. The minimum absolute atomic E-state index is 0.112. The Kier molecular flexibility index (Phi) is 8.44. The third kappa shape index (κ3) is 6.80. The van der Waals surface area contributed by atoms with Gasteiger partial charge in [0.1, 0.15) is 12.4 Å². The summed E-state index contributed by atoms with van der Waals surface area (Å²) in [7, 11) is 1.95. The second kappa shape index (κ2) is 11.5. The van der Waals surface area contributed by atoms with E-state index in [1.165, 1.54) is 5.56 Å². The van der Waals surface area contributed by atoms with Gasteiger partial charge in [-0.25, -0.2) is 4.99 Å². The van der Waals surface area contributed by atoms with Gasteiger partial charge in [-0.2, -0.15) is 0 Å². The van der Waals surface area contributed by atoms with Crippen molar-refractivity contribution >= 4 is 11.9 Å². The van der Waals surface area contributed by atoms with Crippen molar-refractivity contribution in [1.29, 1.82) is 0 Å². The minimum Gasteiger partial charge on any atom is -0.356 e. The molecule has 1 aromatic carbocycles. The maximum atomic E-state index is 12.2. The monoisotopic (exact) mass is 425 g/mol. The van der Waals surface area contributed by atoms with Crippen LogP contribution in [0.4, 0.5) is 0 Å². The van der Waals surface area contributed by atoms with Crippen LogP contribution in [-0.2, 0) is 18.4 Å². The van der Waals surface area contributed by atoms with E-state index in [4.69, 9.17) is 4.99 Å². The van der Waals surface area contributed by atoms with Gasteiger partial charge in [0.05, 0.1) is 6.04 Å². The topological polar surface area (TPSA) is 87.4 Å². The number of amides is 1. The van der Waals surface area contributed by atoms with Crippen LogP contribution < -0.4 is 10.6 Å². The van der Waals surface area contributed by atoms with Crippen molar-refractivity contribution in [2.75, 3.05) is 19.6 Å². The summed E-state index contributed by atoms with van der Waals surface area (Å²) in [5.41, 5.74) is 1.20. The van der Waals surface area contributed by atoms with Gasteiger partial charge in [0, 0.05) is 33.1 Å². The molecule has 1 unspecified atom stereocenters. The average Bonchev–Trinajstić information content (AvgIpc) is 2.96.